The van der Waals surface area contributed by atoms with E-state index >= 15 is 0 Å². The van der Waals surface area contributed by atoms with Gasteiger partial charge < -0.3 is 4.90 Å². The molecule has 106 valence electrons. The molecule has 1 aliphatic carbocycles. The van der Waals surface area contributed by atoms with Crippen molar-refractivity contribution in [3.63, 3.8) is 0 Å². The Morgan fingerprint density at radius 3 is 2.85 bits per heavy atom. The number of nitrogen functional groups attached to an aromatic ring is 1. The van der Waals surface area contributed by atoms with Gasteiger partial charge in [-0.1, -0.05) is 6.92 Å². The smallest absolute Gasteiger partial charge is 0.243 e. The summed E-state index contributed by atoms with van der Waals surface area (Å²) in [7, 11) is 0. The Labute approximate surface area is 117 Å². The molecule has 0 aromatic carbocycles. The van der Waals surface area contributed by atoms with Gasteiger partial charge in [-0.3, -0.25) is 9.99 Å². The minimum absolute atomic E-state index is 0.362. The number of hydrogen-bond donors (Lipinski definition) is 2. The van der Waals surface area contributed by atoms with Gasteiger partial charge in [0.05, 0.1) is 0 Å². The van der Waals surface area contributed by atoms with E-state index in [4.69, 9.17) is 5.84 Å². The van der Waals surface area contributed by atoms with Crippen molar-refractivity contribution in [1.82, 2.24) is 24.5 Å². The van der Waals surface area contributed by atoms with E-state index < -0.39 is 0 Å². The molecule has 2 heterocycles. The number of hydrazine groups is 1. The Hall–Kier alpha value is -2.22. The molecule has 2 aromatic rings. The number of nitrogens with two attached hydrogens (primary N) is 1. The van der Waals surface area contributed by atoms with Crippen LogP contribution in [0.3, 0.4) is 0 Å². The van der Waals surface area contributed by atoms with Crippen molar-refractivity contribution in [2.24, 2.45) is 5.84 Å². The highest BCUT2D eigenvalue weighted by molar-refractivity contribution is 5.41. The topological polar surface area (TPSA) is 97.8 Å². The van der Waals surface area contributed by atoms with E-state index in [9.17, 15) is 0 Å². The van der Waals surface area contributed by atoms with E-state index in [0.29, 0.717) is 23.9 Å². The summed E-state index contributed by atoms with van der Waals surface area (Å²) in [6.45, 7) is 3.08. The number of imidazole rings is 1. The summed E-state index contributed by atoms with van der Waals surface area (Å²) in [5.41, 5.74) is 2.50. The average molecular weight is 274 g/mol. The average Bonchev–Trinajstić information content (AvgIpc) is 3.17. The molecule has 0 unspecified atom stereocenters. The summed E-state index contributed by atoms with van der Waals surface area (Å²) in [5, 5.41) is 0. The Kier molecular flexibility index (Phi) is 3.46. The molecule has 0 bridgehead atoms. The Bertz CT molecular complexity index is 563. The molecule has 0 aliphatic heterocycles. The predicted octanol–water partition coefficient (Wildman–Crippen LogP) is 0.722. The minimum atomic E-state index is 0.362. The van der Waals surface area contributed by atoms with Crippen LogP contribution in [0.1, 0.15) is 26.2 Å². The second-order valence-corrected chi connectivity index (χ2v) is 4.80. The second-order valence-electron chi connectivity index (χ2n) is 4.80. The monoisotopic (exact) mass is 274 g/mol. The van der Waals surface area contributed by atoms with Crippen molar-refractivity contribution >= 4 is 11.9 Å². The summed E-state index contributed by atoms with van der Waals surface area (Å²) < 4.78 is 1.74. The SMILES string of the molecule is CCCN(c1nc(NN)nc(-n2ccnc2)n1)C1CC1. The maximum atomic E-state index is 5.46. The van der Waals surface area contributed by atoms with Gasteiger partial charge in [0.1, 0.15) is 6.33 Å². The molecule has 0 atom stereocenters. The van der Waals surface area contributed by atoms with Gasteiger partial charge in [-0.15, -0.1) is 0 Å². The van der Waals surface area contributed by atoms with Crippen LogP contribution in [0.2, 0.25) is 0 Å². The summed E-state index contributed by atoms with van der Waals surface area (Å²) >= 11 is 0. The molecule has 8 heteroatoms. The van der Waals surface area contributed by atoms with E-state index in [2.05, 4.69) is 37.2 Å². The standard InChI is InChI=1S/C12H18N8/c1-2-6-20(9-3-4-9)12-16-10(18-13)15-11(17-12)19-7-5-14-8-19/h5,7-9H,2-4,6,13H2,1H3,(H,15,16,17,18). The van der Waals surface area contributed by atoms with E-state index in [1.807, 2.05) is 0 Å². The summed E-state index contributed by atoms with van der Waals surface area (Å²) in [4.78, 5) is 19.4. The Balaban J connectivity index is 1.98. The zero-order chi connectivity index (χ0) is 13.9. The fourth-order valence-electron chi connectivity index (χ4n) is 2.11. The molecule has 0 spiro atoms. The van der Waals surface area contributed by atoms with Crippen molar-refractivity contribution in [3.8, 4) is 5.95 Å². The fraction of sp³-hybridized carbons (Fsp3) is 0.500. The number of anilines is 2. The van der Waals surface area contributed by atoms with Gasteiger partial charge in [-0.25, -0.2) is 10.8 Å². The Morgan fingerprint density at radius 1 is 1.40 bits per heavy atom. The van der Waals surface area contributed by atoms with Gasteiger partial charge in [0.25, 0.3) is 0 Å². The molecular formula is C12H18N8. The largest absolute Gasteiger partial charge is 0.338 e. The number of rotatable bonds is 6. The third-order valence-corrected chi connectivity index (χ3v) is 3.19. The lowest BCUT2D eigenvalue weighted by Gasteiger charge is -2.22. The molecule has 20 heavy (non-hydrogen) atoms. The highest BCUT2D eigenvalue weighted by Crippen LogP contribution is 2.30. The van der Waals surface area contributed by atoms with Gasteiger partial charge in [0, 0.05) is 25.0 Å². The van der Waals surface area contributed by atoms with E-state index in [1.54, 1.807) is 23.3 Å². The lowest BCUT2D eigenvalue weighted by Crippen LogP contribution is -2.29. The highest BCUT2D eigenvalue weighted by atomic mass is 15.4. The minimum Gasteiger partial charge on any atom is -0.338 e. The fourth-order valence-corrected chi connectivity index (χ4v) is 2.11. The van der Waals surface area contributed by atoms with Crippen LogP contribution in [0.15, 0.2) is 18.7 Å². The number of nitrogens with one attached hydrogen (secondary N) is 1. The maximum Gasteiger partial charge on any atom is 0.243 e. The van der Waals surface area contributed by atoms with E-state index in [0.717, 1.165) is 13.0 Å². The van der Waals surface area contributed by atoms with Gasteiger partial charge in [0.15, 0.2) is 0 Å². The molecular weight excluding hydrogens is 256 g/mol. The van der Waals surface area contributed by atoms with Crippen LogP contribution in [-0.2, 0) is 0 Å². The van der Waals surface area contributed by atoms with Gasteiger partial charge in [-0.2, -0.15) is 15.0 Å². The summed E-state index contributed by atoms with van der Waals surface area (Å²) in [6, 6.07) is 0.540. The first-order valence-electron chi connectivity index (χ1n) is 6.79. The van der Waals surface area contributed by atoms with E-state index in [1.165, 1.54) is 12.8 Å². The number of hydrogen-bond acceptors (Lipinski definition) is 7. The molecule has 0 amide bonds. The number of aromatic nitrogens is 5. The lowest BCUT2D eigenvalue weighted by atomic mass is 10.4. The van der Waals surface area contributed by atoms with Gasteiger partial charge >= 0.3 is 0 Å². The second kappa shape index (κ2) is 5.41. The summed E-state index contributed by atoms with van der Waals surface area (Å²) in [5.74, 6) is 7.01. The molecule has 1 saturated carbocycles. The van der Waals surface area contributed by atoms with Gasteiger partial charge in [0.2, 0.25) is 17.8 Å². The lowest BCUT2D eigenvalue weighted by molar-refractivity contribution is 0.725. The van der Waals surface area contributed by atoms with Crippen LogP contribution in [0.4, 0.5) is 11.9 Å². The van der Waals surface area contributed by atoms with Crippen molar-refractivity contribution < 1.29 is 0 Å². The van der Waals surface area contributed by atoms with Crippen molar-refractivity contribution in [1.29, 1.82) is 0 Å². The maximum absolute atomic E-state index is 5.46. The Morgan fingerprint density at radius 2 is 2.25 bits per heavy atom. The molecule has 0 saturated heterocycles. The van der Waals surface area contributed by atoms with E-state index in [-0.39, 0.29) is 0 Å². The molecule has 1 fully saturated rings. The molecule has 2 aromatic heterocycles. The third-order valence-electron chi connectivity index (χ3n) is 3.19. The first-order valence-corrected chi connectivity index (χ1v) is 6.79. The van der Waals surface area contributed by atoms with Crippen LogP contribution < -0.4 is 16.2 Å². The molecule has 8 nitrogen and oxygen atoms in total. The van der Waals surface area contributed by atoms with Crippen molar-refractivity contribution in [3.05, 3.63) is 18.7 Å². The molecule has 3 N–H and O–H groups in total. The van der Waals surface area contributed by atoms with Crippen LogP contribution in [0, 0.1) is 0 Å². The first kappa shape index (κ1) is 12.8. The van der Waals surface area contributed by atoms with Crippen LogP contribution in [0.25, 0.3) is 5.95 Å². The van der Waals surface area contributed by atoms with Crippen molar-refractivity contribution in [2.75, 3.05) is 16.9 Å². The third kappa shape index (κ3) is 2.55. The zero-order valence-corrected chi connectivity index (χ0v) is 11.4. The van der Waals surface area contributed by atoms with Crippen LogP contribution in [0.5, 0.6) is 0 Å². The highest BCUT2D eigenvalue weighted by Gasteiger charge is 2.31. The van der Waals surface area contributed by atoms with Crippen molar-refractivity contribution in [2.45, 2.75) is 32.2 Å². The molecule has 1 aliphatic rings. The first-order chi connectivity index (χ1) is 9.81. The normalized spacial score (nSPS) is 14.3. The predicted molar refractivity (Wildman–Crippen MR) is 75.4 cm³/mol. The van der Waals surface area contributed by atoms with Crippen LogP contribution in [-0.4, -0.2) is 37.1 Å². The van der Waals surface area contributed by atoms with Crippen LogP contribution >= 0.6 is 0 Å². The summed E-state index contributed by atoms with van der Waals surface area (Å²) in [6.07, 6.45) is 8.56. The zero-order valence-electron chi connectivity index (χ0n) is 11.4. The molecule has 0 radical (unpaired) electrons. The number of nitrogens with zero attached hydrogens (tertiary/aromatic N) is 6. The molecule has 3 rings (SSSR count). The van der Waals surface area contributed by atoms with Gasteiger partial charge in [-0.05, 0) is 19.3 Å². The quantitative estimate of drug-likeness (QED) is 0.591.